The molecule has 0 fully saturated rings. The quantitative estimate of drug-likeness (QED) is 0.541. The predicted octanol–water partition coefficient (Wildman–Crippen LogP) is 1.96. The lowest BCUT2D eigenvalue weighted by molar-refractivity contribution is -0.141. The third-order valence-corrected chi connectivity index (χ3v) is 5.82. The SMILES string of the molecule is CC(=O)c1ccc(S(=O)(=O)NCC(=O)OCC(=O)c2ccc(C)s2)cc1. The van der Waals surface area contributed by atoms with Crippen LogP contribution in [0.25, 0.3) is 0 Å². The summed E-state index contributed by atoms with van der Waals surface area (Å²) in [5, 5.41) is 0. The molecule has 0 unspecified atom stereocenters. The number of carbonyl (C=O) groups excluding carboxylic acids is 3. The Morgan fingerprint density at radius 3 is 2.27 bits per heavy atom. The molecule has 0 aliphatic heterocycles. The van der Waals surface area contributed by atoms with Crippen LogP contribution in [0.4, 0.5) is 0 Å². The fourth-order valence-corrected chi connectivity index (χ4v) is 3.72. The van der Waals surface area contributed by atoms with Crippen molar-refractivity contribution >= 4 is 38.9 Å². The normalized spacial score (nSPS) is 11.2. The highest BCUT2D eigenvalue weighted by Crippen LogP contribution is 2.15. The lowest BCUT2D eigenvalue weighted by atomic mass is 10.2. The van der Waals surface area contributed by atoms with Crippen LogP contribution in [0.15, 0.2) is 41.3 Å². The van der Waals surface area contributed by atoms with Gasteiger partial charge in [0.1, 0.15) is 6.54 Å². The number of esters is 1. The first kappa shape index (κ1) is 20.0. The van der Waals surface area contributed by atoms with Crippen molar-refractivity contribution in [2.24, 2.45) is 0 Å². The minimum atomic E-state index is -3.93. The molecule has 0 atom stereocenters. The van der Waals surface area contributed by atoms with Crippen LogP contribution in [-0.2, 0) is 19.6 Å². The fourth-order valence-electron chi connectivity index (χ4n) is 1.96. The molecule has 1 aromatic carbocycles. The number of hydrogen-bond donors (Lipinski definition) is 1. The number of Topliss-reactive ketones (excluding diaryl/α,β-unsaturated/α-hetero) is 2. The average Bonchev–Trinajstić information content (AvgIpc) is 3.04. The van der Waals surface area contributed by atoms with Crippen molar-refractivity contribution in [1.82, 2.24) is 4.72 Å². The molecular formula is C17H17NO6S2. The first-order valence-electron chi connectivity index (χ1n) is 7.55. The van der Waals surface area contributed by atoms with E-state index in [1.165, 1.54) is 42.5 Å². The van der Waals surface area contributed by atoms with Crippen LogP contribution >= 0.6 is 11.3 Å². The Kier molecular flexibility index (Phi) is 6.41. The van der Waals surface area contributed by atoms with E-state index in [4.69, 9.17) is 4.74 Å². The lowest BCUT2D eigenvalue weighted by Crippen LogP contribution is -2.31. The summed E-state index contributed by atoms with van der Waals surface area (Å²) in [6, 6.07) is 8.74. The third kappa shape index (κ3) is 5.32. The van der Waals surface area contributed by atoms with Gasteiger partial charge < -0.3 is 4.74 Å². The van der Waals surface area contributed by atoms with E-state index in [1.54, 1.807) is 12.1 Å². The number of hydrogen-bond acceptors (Lipinski definition) is 7. The zero-order valence-corrected chi connectivity index (χ0v) is 15.8. The Hall–Kier alpha value is -2.36. The maximum Gasteiger partial charge on any atom is 0.321 e. The highest BCUT2D eigenvalue weighted by Gasteiger charge is 2.17. The van der Waals surface area contributed by atoms with Gasteiger partial charge in [-0.1, -0.05) is 12.1 Å². The molecular weight excluding hydrogens is 378 g/mol. The van der Waals surface area contributed by atoms with Gasteiger partial charge in [-0.05, 0) is 38.1 Å². The Bertz CT molecular complexity index is 928. The largest absolute Gasteiger partial charge is 0.456 e. The molecule has 7 nitrogen and oxygen atoms in total. The second-order valence-corrected chi connectivity index (χ2v) is 8.45. The molecule has 0 spiro atoms. The van der Waals surface area contributed by atoms with Crippen molar-refractivity contribution in [3.8, 4) is 0 Å². The molecule has 0 aliphatic carbocycles. The molecule has 0 bridgehead atoms. The summed E-state index contributed by atoms with van der Waals surface area (Å²) in [5.41, 5.74) is 0.380. The van der Waals surface area contributed by atoms with Crippen LogP contribution in [0.5, 0.6) is 0 Å². The number of aryl methyl sites for hydroxylation is 1. The van der Waals surface area contributed by atoms with E-state index in [2.05, 4.69) is 4.72 Å². The van der Waals surface area contributed by atoms with Crippen molar-refractivity contribution in [3.05, 3.63) is 51.7 Å². The Balaban J connectivity index is 1.87. The zero-order valence-electron chi connectivity index (χ0n) is 14.1. The summed E-state index contributed by atoms with van der Waals surface area (Å²) in [6.07, 6.45) is 0. The molecule has 0 saturated heterocycles. The maximum absolute atomic E-state index is 12.1. The molecule has 1 heterocycles. The van der Waals surface area contributed by atoms with Gasteiger partial charge in [0.2, 0.25) is 15.8 Å². The molecule has 2 aromatic rings. The molecule has 138 valence electrons. The molecule has 2 rings (SSSR count). The zero-order chi connectivity index (χ0) is 19.3. The van der Waals surface area contributed by atoms with Crippen molar-refractivity contribution < 1.29 is 27.5 Å². The van der Waals surface area contributed by atoms with Gasteiger partial charge >= 0.3 is 5.97 Å². The standard InChI is InChI=1S/C17H17NO6S2/c1-11-3-8-16(25-11)15(20)10-24-17(21)9-18-26(22,23)14-6-4-13(5-7-14)12(2)19/h3-8,18H,9-10H2,1-2H3. The summed E-state index contributed by atoms with van der Waals surface area (Å²) in [7, 11) is -3.93. The summed E-state index contributed by atoms with van der Waals surface area (Å²) in [6.45, 7) is 2.17. The van der Waals surface area contributed by atoms with E-state index >= 15 is 0 Å². The Labute approximate surface area is 155 Å². The van der Waals surface area contributed by atoms with E-state index in [9.17, 15) is 22.8 Å². The van der Waals surface area contributed by atoms with Gasteiger partial charge in [0.25, 0.3) is 0 Å². The molecule has 0 aliphatic rings. The molecule has 26 heavy (non-hydrogen) atoms. The molecule has 0 saturated carbocycles. The highest BCUT2D eigenvalue weighted by atomic mass is 32.2. The van der Waals surface area contributed by atoms with Gasteiger partial charge in [0.05, 0.1) is 9.77 Å². The second-order valence-electron chi connectivity index (χ2n) is 5.40. The molecule has 1 N–H and O–H groups in total. The van der Waals surface area contributed by atoms with Gasteiger partial charge in [0.15, 0.2) is 12.4 Å². The second kappa shape index (κ2) is 8.35. The number of ether oxygens (including phenoxy) is 1. The van der Waals surface area contributed by atoms with Crippen molar-refractivity contribution in [2.45, 2.75) is 18.7 Å². The van der Waals surface area contributed by atoms with E-state index < -0.39 is 29.1 Å². The summed E-state index contributed by atoms with van der Waals surface area (Å²) < 4.78 is 31.1. The van der Waals surface area contributed by atoms with Gasteiger partial charge in [-0.2, -0.15) is 4.72 Å². The minimum absolute atomic E-state index is 0.0829. The average molecular weight is 395 g/mol. The molecule has 1 aromatic heterocycles. The number of ketones is 2. The third-order valence-electron chi connectivity index (χ3n) is 3.36. The number of benzene rings is 1. The molecule has 0 amide bonds. The smallest absolute Gasteiger partial charge is 0.321 e. The first-order valence-corrected chi connectivity index (χ1v) is 9.85. The first-order chi connectivity index (χ1) is 12.2. The van der Waals surface area contributed by atoms with Crippen molar-refractivity contribution in [2.75, 3.05) is 13.2 Å². The van der Waals surface area contributed by atoms with Crippen LogP contribution in [-0.4, -0.2) is 39.1 Å². The number of nitrogens with one attached hydrogen (secondary N) is 1. The van der Waals surface area contributed by atoms with Crippen LogP contribution in [0, 0.1) is 6.92 Å². The van der Waals surface area contributed by atoms with Crippen molar-refractivity contribution in [3.63, 3.8) is 0 Å². The van der Waals surface area contributed by atoms with Gasteiger partial charge in [-0.25, -0.2) is 8.42 Å². The minimum Gasteiger partial charge on any atom is -0.456 e. The van der Waals surface area contributed by atoms with Gasteiger partial charge in [0, 0.05) is 10.4 Å². The summed E-state index contributed by atoms with van der Waals surface area (Å²) in [5.74, 6) is -1.40. The number of carbonyl (C=O) groups is 3. The van der Waals surface area contributed by atoms with E-state index in [1.807, 2.05) is 6.92 Å². The fraction of sp³-hybridized carbons (Fsp3) is 0.235. The van der Waals surface area contributed by atoms with Crippen LogP contribution in [0.3, 0.4) is 0 Å². The summed E-state index contributed by atoms with van der Waals surface area (Å²) in [4.78, 5) is 36.1. The van der Waals surface area contributed by atoms with E-state index in [-0.39, 0.29) is 16.5 Å². The van der Waals surface area contributed by atoms with Crippen molar-refractivity contribution in [1.29, 1.82) is 0 Å². The lowest BCUT2D eigenvalue weighted by Gasteiger charge is -2.07. The van der Waals surface area contributed by atoms with Crippen LogP contribution in [0.2, 0.25) is 0 Å². The van der Waals surface area contributed by atoms with Gasteiger partial charge in [-0.3, -0.25) is 14.4 Å². The predicted molar refractivity (Wildman–Crippen MR) is 96.0 cm³/mol. The van der Waals surface area contributed by atoms with Gasteiger partial charge in [-0.15, -0.1) is 11.3 Å². The number of sulfonamides is 1. The number of rotatable bonds is 8. The monoisotopic (exact) mass is 395 g/mol. The highest BCUT2D eigenvalue weighted by molar-refractivity contribution is 7.89. The van der Waals surface area contributed by atoms with E-state index in [0.29, 0.717) is 10.4 Å². The Morgan fingerprint density at radius 2 is 1.73 bits per heavy atom. The molecule has 9 heteroatoms. The topological polar surface area (TPSA) is 107 Å². The maximum atomic E-state index is 12.1. The van der Waals surface area contributed by atoms with Crippen LogP contribution < -0.4 is 4.72 Å². The Morgan fingerprint density at radius 1 is 1.08 bits per heavy atom. The molecule has 0 radical (unpaired) electrons. The van der Waals surface area contributed by atoms with E-state index in [0.717, 1.165) is 4.88 Å². The summed E-state index contributed by atoms with van der Waals surface area (Å²) >= 11 is 1.29. The number of thiophene rings is 1. The van der Waals surface area contributed by atoms with Crippen LogP contribution in [0.1, 0.15) is 31.8 Å².